The predicted octanol–water partition coefficient (Wildman–Crippen LogP) is 6.82. The Bertz CT molecular complexity index is 1320. The first-order chi connectivity index (χ1) is 19.7. The number of hydrogen-bond acceptors (Lipinski definition) is 4. The van der Waals surface area contributed by atoms with E-state index in [1.54, 1.807) is 0 Å². The van der Waals surface area contributed by atoms with Crippen molar-refractivity contribution in [3.05, 3.63) is 179 Å². The first kappa shape index (κ1) is 27.5. The summed E-state index contributed by atoms with van der Waals surface area (Å²) in [5.41, 5.74) is 6.09. The summed E-state index contributed by atoms with van der Waals surface area (Å²) < 4.78 is 0. The zero-order valence-corrected chi connectivity index (χ0v) is 22.5. The van der Waals surface area contributed by atoms with Crippen molar-refractivity contribution in [2.24, 2.45) is 0 Å². The van der Waals surface area contributed by atoms with Gasteiger partial charge in [0.05, 0.1) is 24.3 Å². The maximum absolute atomic E-state index is 11.3. The normalized spacial score (nSPS) is 14.2. The van der Waals surface area contributed by atoms with E-state index in [9.17, 15) is 10.2 Å². The lowest BCUT2D eigenvalue weighted by Gasteiger charge is -2.26. The molecule has 0 fully saturated rings. The SMILES string of the molecule is O[C@@H](c1ccccc1)[C@H](NCc1cccc(CN[C@H](c2ccccc2)[C@@H](O)c2ccccc2)c1)c1ccccc1. The molecule has 202 valence electrons. The molecular formula is C36H36N2O2. The average Bonchev–Trinajstić information content (AvgIpc) is 3.03. The number of benzene rings is 5. The van der Waals surface area contributed by atoms with Gasteiger partial charge < -0.3 is 20.8 Å². The van der Waals surface area contributed by atoms with Crippen LogP contribution in [0, 0.1) is 0 Å². The summed E-state index contributed by atoms with van der Waals surface area (Å²) in [6.45, 7) is 1.21. The van der Waals surface area contributed by atoms with E-state index >= 15 is 0 Å². The minimum Gasteiger partial charge on any atom is -0.386 e. The number of nitrogens with one attached hydrogen (secondary N) is 2. The van der Waals surface area contributed by atoms with E-state index in [4.69, 9.17) is 0 Å². The van der Waals surface area contributed by atoms with Crippen LogP contribution in [0.4, 0.5) is 0 Å². The minimum absolute atomic E-state index is 0.256. The first-order valence-corrected chi connectivity index (χ1v) is 13.8. The summed E-state index contributed by atoms with van der Waals surface area (Å²) in [5, 5.41) is 29.7. The zero-order chi connectivity index (χ0) is 27.6. The van der Waals surface area contributed by atoms with Crippen molar-refractivity contribution in [3.63, 3.8) is 0 Å². The van der Waals surface area contributed by atoms with E-state index < -0.39 is 12.2 Å². The lowest BCUT2D eigenvalue weighted by molar-refractivity contribution is 0.127. The molecule has 0 aliphatic heterocycles. The quantitative estimate of drug-likeness (QED) is 0.144. The fourth-order valence-electron chi connectivity index (χ4n) is 5.13. The Balaban J connectivity index is 1.30. The molecule has 4 atom stereocenters. The van der Waals surface area contributed by atoms with Gasteiger partial charge in [-0.15, -0.1) is 0 Å². The molecule has 0 amide bonds. The van der Waals surface area contributed by atoms with Gasteiger partial charge >= 0.3 is 0 Å². The molecule has 0 aromatic heterocycles. The number of rotatable bonds is 12. The van der Waals surface area contributed by atoms with Gasteiger partial charge in [-0.25, -0.2) is 0 Å². The molecule has 5 aromatic carbocycles. The van der Waals surface area contributed by atoms with Crippen molar-refractivity contribution in [1.29, 1.82) is 0 Å². The van der Waals surface area contributed by atoms with Crippen LogP contribution in [0.3, 0.4) is 0 Å². The van der Waals surface area contributed by atoms with Crippen molar-refractivity contribution in [2.75, 3.05) is 0 Å². The Kier molecular flexibility index (Phi) is 9.51. The van der Waals surface area contributed by atoms with Crippen LogP contribution in [-0.2, 0) is 13.1 Å². The minimum atomic E-state index is -0.681. The lowest BCUT2D eigenvalue weighted by Crippen LogP contribution is -2.28. The predicted molar refractivity (Wildman–Crippen MR) is 161 cm³/mol. The third-order valence-corrected chi connectivity index (χ3v) is 7.27. The van der Waals surface area contributed by atoms with Crippen LogP contribution in [0.2, 0.25) is 0 Å². The molecule has 4 heteroatoms. The third-order valence-electron chi connectivity index (χ3n) is 7.27. The van der Waals surface area contributed by atoms with Gasteiger partial charge in [-0.3, -0.25) is 0 Å². The van der Waals surface area contributed by atoms with Crippen LogP contribution in [-0.4, -0.2) is 10.2 Å². The number of aliphatic hydroxyl groups is 2. The Morgan fingerprint density at radius 1 is 0.400 bits per heavy atom. The maximum Gasteiger partial charge on any atom is 0.0984 e. The van der Waals surface area contributed by atoms with E-state index in [2.05, 4.69) is 34.9 Å². The molecule has 0 heterocycles. The van der Waals surface area contributed by atoms with Gasteiger partial charge in [-0.2, -0.15) is 0 Å². The summed E-state index contributed by atoms with van der Waals surface area (Å²) in [6, 6.07) is 47.7. The largest absolute Gasteiger partial charge is 0.386 e. The molecule has 4 nitrogen and oxygen atoms in total. The van der Waals surface area contributed by atoms with Crippen LogP contribution < -0.4 is 10.6 Å². The first-order valence-electron chi connectivity index (χ1n) is 13.8. The van der Waals surface area contributed by atoms with Crippen molar-refractivity contribution in [1.82, 2.24) is 10.6 Å². The third kappa shape index (κ3) is 7.12. The molecule has 0 saturated heterocycles. The molecule has 0 spiro atoms. The molecule has 0 saturated carbocycles. The standard InChI is InChI=1S/C36H36N2O2/c39-35(31-20-9-3-10-21-31)33(29-16-5-1-6-17-29)37-25-27-14-13-15-28(24-27)26-38-34(30-18-7-2-8-19-30)36(40)32-22-11-4-12-23-32/h1-24,33-40H,25-26H2/t33-,34-,35+,36+/m1/s1. The molecule has 5 aromatic rings. The highest BCUT2D eigenvalue weighted by atomic mass is 16.3. The topological polar surface area (TPSA) is 64.5 Å². The molecule has 0 radical (unpaired) electrons. The van der Waals surface area contributed by atoms with E-state index in [0.29, 0.717) is 13.1 Å². The van der Waals surface area contributed by atoms with Gasteiger partial charge in [0.15, 0.2) is 0 Å². The fraction of sp³-hybridized carbons (Fsp3) is 0.167. The monoisotopic (exact) mass is 528 g/mol. The van der Waals surface area contributed by atoms with Gasteiger partial charge in [0.25, 0.3) is 0 Å². The Hall–Kier alpha value is -4.06. The van der Waals surface area contributed by atoms with Crippen molar-refractivity contribution in [3.8, 4) is 0 Å². The van der Waals surface area contributed by atoms with E-state index in [1.165, 1.54) is 0 Å². The van der Waals surface area contributed by atoms with Gasteiger partial charge in [0, 0.05) is 13.1 Å². The lowest BCUT2D eigenvalue weighted by atomic mass is 9.95. The summed E-state index contributed by atoms with van der Waals surface area (Å²) >= 11 is 0. The zero-order valence-electron chi connectivity index (χ0n) is 22.5. The highest BCUT2D eigenvalue weighted by molar-refractivity contribution is 5.29. The van der Waals surface area contributed by atoms with Crippen LogP contribution in [0.5, 0.6) is 0 Å². The van der Waals surface area contributed by atoms with Crippen LogP contribution in [0.25, 0.3) is 0 Å². The van der Waals surface area contributed by atoms with Gasteiger partial charge in [-0.05, 0) is 33.4 Å². The van der Waals surface area contributed by atoms with Crippen molar-refractivity contribution >= 4 is 0 Å². The molecule has 4 N–H and O–H groups in total. The van der Waals surface area contributed by atoms with E-state index in [-0.39, 0.29) is 12.1 Å². The molecule has 5 rings (SSSR count). The second-order valence-corrected chi connectivity index (χ2v) is 10.1. The molecule has 0 aliphatic carbocycles. The number of hydrogen-bond donors (Lipinski definition) is 4. The van der Waals surface area contributed by atoms with Gasteiger partial charge in [-0.1, -0.05) is 146 Å². The second-order valence-electron chi connectivity index (χ2n) is 10.1. The average molecular weight is 529 g/mol. The van der Waals surface area contributed by atoms with Crippen LogP contribution >= 0.6 is 0 Å². The Morgan fingerprint density at radius 2 is 0.725 bits per heavy atom. The molecule has 0 unspecified atom stereocenters. The fourth-order valence-corrected chi connectivity index (χ4v) is 5.13. The second kappa shape index (κ2) is 13.8. The Morgan fingerprint density at radius 3 is 1.07 bits per heavy atom. The van der Waals surface area contributed by atoms with Crippen molar-refractivity contribution < 1.29 is 10.2 Å². The van der Waals surface area contributed by atoms with Crippen LogP contribution in [0.1, 0.15) is 57.7 Å². The highest BCUT2D eigenvalue weighted by Crippen LogP contribution is 2.30. The van der Waals surface area contributed by atoms with Gasteiger partial charge in [0.1, 0.15) is 0 Å². The highest BCUT2D eigenvalue weighted by Gasteiger charge is 2.23. The Labute approximate surface area is 237 Å². The maximum atomic E-state index is 11.3. The smallest absolute Gasteiger partial charge is 0.0984 e. The van der Waals surface area contributed by atoms with Crippen molar-refractivity contribution in [2.45, 2.75) is 37.4 Å². The summed E-state index contributed by atoms with van der Waals surface area (Å²) in [6.07, 6.45) is -1.36. The summed E-state index contributed by atoms with van der Waals surface area (Å²) in [5.74, 6) is 0. The van der Waals surface area contributed by atoms with Crippen LogP contribution in [0.15, 0.2) is 146 Å². The van der Waals surface area contributed by atoms with E-state index in [1.807, 2.05) is 121 Å². The molecular weight excluding hydrogens is 492 g/mol. The molecule has 0 aliphatic rings. The number of aliphatic hydroxyl groups excluding tert-OH is 2. The summed E-state index contributed by atoms with van der Waals surface area (Å²) in [4.78, 5) is 0. The molecule has 40 heavy (non-hydrogen) atoms. The summed E-state index contributed by atoms with van der Waals surface area (Å²) in [7, 11) is 0. The van der Waals surface area contributed by atoms with E-state index in [0.717, 1.165) is 33.4 Å². The molecule has 0 bridgehead atoms. The van der Waals surface area contributed by atoms with Gasteiger partial charge in [0.2, 0.25) is 0 Å².